The molecule has 0 saturated heterocycles. The number of carbonyl (C=O) groups is 1. The van der Waals surface area contributed by atoms with E-state index in [4.69, 9.17) is 0 Å². The second kappa shape index (κ2) is 4.23. The number of ketones is 1. The monoisotopic (exact) mass is 183 g/mol. The molecule has 1 rings (SSSR count). The van der Waals surface area contributed by atoms with Crippen LogP contribution in [0.2, 0.25) is 0 Å². The van der Waals surface area contributed by atoms with Gasteiger partial charge in [0.2, 0.25) is 0 Å². The first-order chi connectivity index (χ1) is 6.08. The minimum atomic E-state index is -0.177. The van der Waals surface area contributed by atoms with Crippen LogP contribution < -0.4 is 5.32 Å². The minimum absolute atomic E-state index is 0.177. The van der Waals surface area contributed by atoms with E-state index >= 15 is 0 Å². The lowest BCUT2D eigenvalue weighted by molar-refractivity contribution is -0.130. The van der Waals surface area contributed by atoms with E-state index in [2.05, 4.69) is 5.32 Å². The van der Waals surface area contributed by atoms with Gasteiger partial charge in [0, 0.05) is 17.9 Å². The van der Waals surface area contributed by atoms with Gasteiger partial charge in [-0.25, -0.2) is 0 Å². The Balaban J connectivity index is 2.53. The van der Waals surface area contributed by atoms with Gasteiger partial charge in [-0.15, -0.1) is 0 Å². The summed E-state index contributed by atoms with van der Waals surface area (Å²) in [4.78, 5) is 12.0. The first kappa shape index (κ1) is 10.7. The Morgan fingerprint density at radius 1 is 1.38 bits per heavy atom. The number of Topliss-reactive ketones (excluding diaryl/α,β-unsaturated/α-hetero) is 1. The van der Waals surface area contributed by atoms with E-state index in [1.54, 1.807) is 0 Å². The van der Waals surface area contributed by atoms with Crippen LogP contribution in [0.15, 0.2) is 0 Å². The van der Waals surface area contributed by atoms with Crippen molar-refractivity contribution in [1.29, 1.82) is 0 Å². The highest BCUT2D eigenvalue weighted by atomic mass is 16.1. The van der Waals surface area contributed by atoms with Crippen molar-refractivity contribution in [2.45, 2.75) is 39.5 Å². The Bertz CT molecular complexity index is 181. The van der Waals surface area contributed by atoms with Crippen molar-refractivity contribution in [3.63, 3.8) is 0 Å². The molecule has 1 fully saturated rings. The molecule has 0 aromatic carbocycles. The fourth-order valence-corrected chi connectivity index (χ4v) is 2.27. The Kier molecular flexibility index (Phi) is 3.48. The van der Waals surface area contributed by atoms with E-state index in [1.807, 2.05) is 20.9 Å². The van der Waals surface area contributed by atoms with E-state index in [-0.39, 0.29) is 5.41 Å². The zero-order chi connectivity index (χ0) is 9.90. The SMILES string of the molecule is CNCC(C)(C)C(=O)C1CCCC1. The largest absolute Gasteiger partial charge is 0.319 e. The third-order valence-corrected chi connectivity index (χ3v) is 3.01. The average molecular weight is 183 g/mol. The van der Waals surface area contributed by atoms with Crippen LogP contribution in [0.3, 0.4) is 0 Å². The molecule has 0 spiro atoms. The van der Waals surface area contributed by atoms with Crippen LogP contribution in [0.5, 0.6) is 0 Å². The maximum Gasteiger partial charge on any atom is 0.142 e. The van der Waals surface area contributed by atoms with Gasteiger partial charge in [-0.2, -0.15) is 0 Å². The van der Waals surface area contributed by atoms with Gasteiger partial charge in [0.1, 0.15) is 5.78 Å². The summed E-state index contributed by atoms with van der Waals surface area (Å²) in [5.41, 5.74) is -0.177. The van der Waals surface area contributed by atoms with Gasteiger partial charge in [0.15, 0.2) is 0 Å². The maximum atomic E-state index is 12.0. The predicted octanol–water partition coefficient (Wildman–Crippen LogP) is 1.99. The van der Waals surface area contributed by atoms with Gasteiger partial charge in [-0.05, 0) is 19.9 Å². The topological polar surface area (TPSA) is 29.1 Å². The summed E-state index contributed by atoms with van der Waals surface area (Å²) in [6.07, 6.45) is 4.72. The van der Waals surface area contributed by atoms with Gasteiger partial charge in [-0.3, -0.25) is 4.79 Å². The first-order valence-electron chi connectivity index (χ1n) is 5.27. The molecule has 76 valence electrons. The van der Waals surface area contributed by atoms with Crippen LogP contribution in [0.25, 0.3) is 0 Å². The molecule has 0 bridgehead atoms. The molecule has 0 heterocycles. The predicted molar refractivity (Wildman–Crippen MR) is 54.7 cm³/mol. The highest BCUT2D eigenvalue weighted by Gasteiger charge is 2.34. The molecule has 0 unspecified atom stereocenters. The summed E-state index contributed by atoms with van der Waals surface area (Å²) in [6.45, 7) is 4.89. The molecule has 1 saturated carbocycles. The summed E-state index contributed by atoms with van der Waals surface area (Å²) < 4.78 is 0. The molecule has 0 aromatic rings. The van der Waals surface area contributed by atoms with E-state index < -0.39 is 0 Å². The smallest absolute Gasteiger partial charge is 0.142 e. The molecule has 13 heavy (non-hydrogen) atoms. The Morgan fingerprint density at radius 3 is 2.38 bits per heavy atom. The molecule has 1 aliphatic rings. The van der Waals surface area contributed by atoms with Gasteiger partial charge in [-0.1, -0.05) is 26.7 Å². The Morgan fingerprint density at radius 2 is 1.92 bits per heavy atom. The second-order valence-corrected chi connectivity index (χ2v) is 4.76. The summed E-state index contributed by atoms with van der Waals surface area (Å²) in [5, 5.41) is 3.09. The molecule has 0 atom stereocenters. The molecule has 2 nitrogen and oxygen atoms in total. The van der Waals surface area contributed by atoms with Crippen molar-refractivity contribution < 1.29 is 4.79 Å². The number of rotatable bonds is 4. The van der Waals surface area contributed by atoms with Crippen molar-refractivity contribution in [2.24, 2.45) is 11.3 Å². The molecule has 0 aromatic heterocycles. The van der Waals surface area contributed by atoms with Crippen molar-refractivity contribution in [2.75, 3.05) is 13.6 Å². The fourth-order valence-electron chi connectivity index (χ4n) is 2.27. The molecule has 2 heteroatoms. The summed E-state index contributed by atoms with van der Waals surface area (Å²) in [5.74, 6) is 0.808. The molecule has 0 amide bonds. The summed E-state index contributed by atoms with van der Waals surface area (Å²) in [7, 11) is 1.91. The van der Waals surface area contributed by atoms with Crippen molar-refractivity contribution in [3.05, 3.63) is 0 Å². The second-order valence-electron chi connectivity index (χ2n) is 4.76. The third-order valence-electron chi connectivity index (χ3n) is 3.01. The first-order valence-corrected chi connectivity index (χ1v) is 5.27. The zero-order valence-corrected chi connectivity index (χ0v) is 9.02. The number of carbonyl (C=O) groups excluding carboxylic acids is 1. The quantitative estimate of drug-likeness (QED) is 0.722. The molecule has 0 radical (unpaired) electrons. The van der Waals surface area contributed by atoms with Gasteiger partial charge in [0.05, 0.1) is 0 Å². The number of nitrogens with one attached hydrogen (secondary N) is 1. The van der Waals surface area contributed by atoms with Crippen LogP contribution >= 0.6 is 0 Å². The molecule has 1 aliphatic carbocycles. The van der Waals surface area contributed by atoms with Crippen LogP contribution in [-0.4, -0.2) is 19.4 Å². The van der Waals surface area contributed by atoms with Crippen LogP contribution in [0.1, 0.15) is 39.5 Å². The van der Waals surface area contributed by atoms with Gasteiger partial charge in [0.25, 0.3) is 0 Å². The Hall–Kier alpha value is -0.370. The van der Waals surface area contributed by atoms with Crippen molar-refractivity contribution in [3.8, 4) is 0 Å². The number of hydrogen-bond donors (Lipinski definition) is 1. The minimum Gasteiger partial charge on any atom is -0.319 e. The number of hydrogen-bond acceptors (Lipinski definition) is 2. The third kappa shape index (κ3) is 2.53. The highest BCUT2D eigenvalue weighted by molar-refractivity contribution is 5.86. The molecular weight excluding hydrogens is 162 g/mol. The average Bonchev–Trinajstić information content (AvgIpc) is 2.54. The highest BCUT2D eigenvalue weighted by Crippen LogP contribution is 2.32. The fraction of sp³-hybridized carbons (Fsp3) is 0.909. The van der Waals surface area contributed by atoms with Crippen molar-refractivity contribution in [1.82, 2.24) is 5.32 Å². The van der Waals surface area contributed by atoms with Crippen LogP contribution in [0, 0.1) is 11.3 Å². The van der Waals surface area contributed by atoms with Crippen molar-refractivity contribution >= 4 is 5.78 Å². The lowest BCUT2D eigenvalue weighted by Gasteiger charge is -2.25. The molecule has 0 aliphatic heterocycles. The standard InChI is InChI=1S/C11H21NO/c1-11(2,8-12-3)10(13)9-6-4-5-7-9/h9,12H,4-8H2,1-3H3. The van der Waals surface area contributed by atoms with Gasteiger partial charge >= 0.3 is 0 Å². The summed E-state index contributed by atoms with van der Waals surface area (Å²) >= 11 is 0. The van der Waals surface area contributed by atoms with Crippen LogP contribution in [-0.2, 0) is 4.79 Å². The molecular formula is C11H21NO. The van der Waals surface area contributed by atoms with E-state index in [1.165, 1.54) is 12.8 Å². The lowest BCUT2D eigenvalue weighted by Crippen LogP contribution is -2.37. The van der Waals surface area contributed by atoms with Crippen LogP contribution in [0.4, 0.5) is 0 Å². The van der Waals surface area contributed by atoms with E-state index in [0.29, 0.717) is 11.7 Å². The lowest BCUT2D eigenvalue weighted by atomic mass is 9.80. The van der Waals surface area contributed by atoms with E-state index in [0.717, 1.165) is 19.4 Å². The van der Waals surface area contributed by atoms with Gasteiger partial charge < -0.3 is 5.32 Å². The summed E-state index contributed by atoms with van der Waals surface area (Å²) in [6, 6.07) is 0. The van der Waals surface area contributed by atoms with E-state index in [9.17, 15) is 4.79 Å². The maximum absolute atomic E-state index is 12.0. The normalized spacial score (nSPS) is 19.3. The Labute approximate surface area is 81.1 Å². The molecule has 1 N–H and O–H groups in total. The zero-order valence-electron chi connectivity index (χ0n) is 9.02.